The maximum absolute atomic E-state index is 11.9. The van der Waals surface area contributed by atoms with Crippen LogP contribution in [0.5, 0.6) is 0 Å². The number of carbonyl (C=O) groups is 2. The summed E-state index contributed by atoms with van der Waals surface area (Å²) in [5.74, 6) is -1.31. The first-order valence-electron chi connectivity index (χ1n) is 7.50. The molecule has 2 rings (SSSR count). The highest BCUT2D eigenvalue weighted by atomic mass is 16.4. The molecule has 1 aliphatic carbocycles. The molecule has 21 heavy (non-hydrogen) atoms. The smallest absolute Gasteiger partial charge is 0.307 e. The van der Waals surface area contributed by atoms with Crippen LogP contribution in [0.4, 0.5) is 0 Å². The van der Waals surface area contributed by atoms with Crippen LogP contribution in [0.15, 0.2) is 24.3 Å². The molecule has 0 saturated heterocycles. The minimum absolute atomic E-state index is 0.0115. The van der Waals surface area contributed by atoms with Crippen molar-refractivity contribution < 1.29 is 14.7 Å². The summed E-state index contributed by atoms with van der Waals surface area (Å²) in [5, 5.41) is 11.7. The first-order valence-corrected chi connectivity index (χ1v) is 7.50. The fourth-order valence-corrected chi connectivity index (χ4v) is 2.55. The van der Waals surface area contributed by atoms with Gasteiger partial charge in [0.15, 0.2) is 0 Å². The molecule has 1 fully saturated rings. The monoisotopic (exact) mass is 289 g/mol. The third-order valence-corrected chi connectivity index (χ3v) is 4.02. The molecule has 0 bridgehead atoms. The Kier molecular flexibility index (Phi) is 4.66. The number of carboxylic acid groups (broad SMARTS) is 1. The van der Waals surface area contributed by atoms with Crippen molar-refractivity contribution >= 4 is 11.9 Å². The lowest BCUT2D eigenvalue weighted by molar-refractivity contribution is -0.140. The molecule has 4 nitrogen and oxygen atoms in total. The van der Waals surface area contributed by atoms with Gasteiger partial charge in [0.2, 0.25) is 5.91 Å². The van der Waals surface area contributed by atoms with Crippen LogP contribution in [-0.2, 0) is 16.0 Å². The Morgan fingerprint density at radius 1 is 1.19 bits per heavy atom. The number of amides is 1. The Morgan fingerprint density at radius 3 is 2.29 bits per heavy atom. The molecule has 0 aliphatic heterocycles. The SMILES string of the molecule is CC(Cc1ccc(C(C)C)cc1)NC(=O)C1CC1C(=O)O. The van der Waals surface area contributed by atoms with Crippen LogP contribution in [0.2, 0.25) is 0 Å². The lowest BCUT2D eigenvalue weighted by Gasteiger charge is -2.14. The van der Waals surface area contributed by atoms with Crippen molar-refractivity contribution in [3.8, 4) is 0 Å². The zero-order chi connectivity index (χ0) is 15.6. The van der Waals surface area contributed by atoms with E-state index < -0.39 is 11.9 Å². The van der Waals surface area contributed by atoms with Crippen LogP contribution in [-0.4, -0.2) is 23.0 Å². The van der Waals surface area contributed by atoms with Crippen molar-refractivity contribution in [2.24, 2.45) is 11.8 Å². The zero-order valence-corrected chi connectivity index (χ0v) is 12.8. The Labute approximate surface area is 125 Å². The van der Waals surface area contributed by atoms with E-state index in [1.807, 2.05) is 6.92 Å². The van der Waals surface area contributed by atoms with Crippen LogP contribution < -0.4 is 5.32 Å². The van der Waals surface area contributed by atoms with Crippen LogP contribution >= 0.6 is 0 Å². The molecule has 1 amide bonds. The van der Waals surface area contributed by atoms with Gasteiger partial charge in [-0.05, 0) is 36.8 Å². The standard InChI is InChI=1S/C17H23NO3/c1-10(2)13-6-4-12(5-7-13)8-11(3)18-16(19)14-9-15(14)17(20)21/h4-7,10-11,14-15H,8-9H2,1-3H3,(H,18,19)(H,20,21). The Morgan fingerprint density at radius 2 is 1.81 bits per heavy atom. The number of hydrogen-bond donors (Lipinski definition) is 2. The summed E-state index contributed by atoms with van der Waals surface area (Å²) in [6, 6.07) is 8.44. The Balaban J connectivity index is 1.83. The van der Waals surface area contributed by atoms with Crippen LogP contribution in [0.25, 0.3) is 0 Å². The number of carbonyl (C=O) groups excluding carboxylic acids is 1. The van der Waals surface area contributed by atoms with E-state index in [0.29, 0.717) is 12.3 Å². The quantitative estimate of drug-likeness (QED) is 0.846. The minimum Gasteiger partial charge on any atom is -0.481 e. The molecule has 3 unspecified atom stereocenters. The van der Waals surface area contributed by atoms with Gasteiger partial charge in [0.25, 0.3) is 0 Å². The van der Waals surface area contributed by atoms with E-state index in [9.17, 15) is 9.59 Å². The highest BCUT2D eigenvalue weighted by Gasteiger charge is 2.48. The molecular weight excluding hydrogens is 266 g/mol. The molecule has 2 N–H and O–H groups in total. The predicted molar refractivity (Wildman–Crippen MR) is 81.1 cm³/mol. The van der Waals surface area contributed by atoms with Gasteiger partial charge in [-0.25, -0.2) is 0 Å². The zero-order valence-electron chi connectivity index (χ0n) is 12.8. The van der Waals surface area contributed by atoms with Gasteiger partial charge in [-0.1, -0.05) is 38.1 Å². The second-order valence-corrected chi connectivity index (χ2v) is 6.30. The van der Waals surface area contributed by atoms with Gasteiger partial charge in [-0.2, -0.15) is 0 Å². The van der Waals surface area contributed by atoms with E-state index in [2.05, 4.69) is 43.4 Å². The molecule has 0 heterocycles. The van der Waals surface area contributed by atoms with Crippen molar-refractivity contribution in [3.63, 3.8) is 0 Å². The Hall–Kier alpha value is -1.84. The number of aliphatic carboxylic acids is 1. The van der Waals surface area contributed by atoms with Gasteiger partial charge in [-0.15, -0.1) is 0 Å². The summed E-state index contributed by atoms with van der Waals surface area (Å²) in [7, 11) is 0. The van der Waals surface area contributed by atoms with Crippen molar-refractivity contribution in [2.45, 2.75) is 45.6 Å². The summed E-state index contributed by atoms with van der Waals surface area (Å²) in [6.07, 6.45) is 1.23. The van der Waals surface area contributed by atoms with E-state index in [0.717, 1.165) is 6.42 Å². The molecule has 1 aromatic rings. The summed E-state index contributed by atoms with van der Waals surface area (Å²) >= 11 is 0. The first-order chi connectivity index (χ1) is 9.88. The molecule has 1 aromatic carbocycles. The molecule has 3 atom stereocenters. The summed E-state index contributed by atoms with van der Waals surface area (Å²) in [6.45, 7) is 6.27. The lowest BCUT2D eigenvalue weighted by atomic mass is 9.99. The number of rotatable bonds is 6. The molecule has 114 valence electrons. The third-order valence-electron chi connectivity index (χ3n) is 4.02. The fraction of sp³-hybridized carbons (Fsp3) is 0.529. The third kappa shape index (κ3) is 4.06. The van der Waals surface area contributed by atoms with Crippen LogP contribution in [0.1, 0.15) is 44.2 Å². The lowest BCUT2D eigenvalue weighted by Crippen LogP contribution is -2.35. The second-order valence-electron chi connectivity index (χ2n) is 6.30. The predicted octanol–water partition coefficient (Wildman–Crippen LogP) is 2.58. The van der Waals surface area contributed by atoms with Gasteiger partial charge in [-0.3, -0.25) is 9.59 Å². The molecule has 0 spiro atoms. The largest absolute Gasteiger partial charge is 0.481 e. The number of nitrogens with one attached hydrogen (secondary N) is 1. The van der Waals surface area contributed by atoms with E-state index in [4.69, 9.17) is 5.11 Å². The van der Waals surface area contributed by atoms with Crippen LogP contribution in [0.3, 0.4) is 0 Å². The van der Waals surface area contributed by atoms with Crippen molar-refractivity contribution in [3.05, 3.63) is 35.4 Å². The van der Waals surface area contributed by atoms with Gasteiger partial charge < -0.3 is 10.4 Å². The number of hydrogen-bond acceptors (Lipinski definition) is 2. The highest BCUT2D eigenvalue weighted by Crippen LogP contribution is 2.38. The maximum atomic E-state index is 11.9. The average molecular weight is 289 g/mol. The first kappa shape index (κ1) is 15.5. The van der Waals surface area contributed by atoms with E-state index in [1.165, 1.54) is 11.1 Å². The van der Waals surface area contributed by atoms with Gasteiger partial charge in [0.1, 0.15) is 0 Å². The highest BCUT2D eigenvalue weighted by molar-refractivity contribution is 5.89. The topological polar surface area (TPSA) is 66.4 Å². The summed E-state index contributed by atoms with van der Waals surface area (Å²) in [4.78, 5) is 22.6. The maximum Gasteiger partial charge on any atom is 0.307 e. The van der Waals surface area contributed by atoms with Gasteiger partial charge in [0.05, 0.1) is 11.8 Å². The van der Waals surface area contributed by atoms with E-state index >= 15 is 0 Å². The minimum atomic E-state index is -0.868. The average Bonchev–Trinajstić information content (AvgIpc) is 3.19. The Bertz CT molecular complexity index is 521. The van der Waals surface area contributed by atoms with Crippen molar-refractivity contribution in [2.75, 3.05) is 0 Å². The van der Waals surface area contributed by atoms with E-state index in [1.54, 1.807) is 0 Å². The molecule has 0 aromatic heterocycles. The van der Waals surface area contributed by atoms with Gasteiger partial charge >= 0.3 is 5.97 Å². The van der Waals surface area contributed by atoms with Gasteiger partial charge in [0, 0.05) is 6.04 Å². The normalized spacial score (nSPS) is 21.9. The molecule has 0 radical (unpaired) electrons. The summed E-state index contributed by atoms with van der Waals surface area (Å²) in [5.41, 5.74) is 2.48. The van der Waals surface area contributed by atoms with Crippen molar-refractivity contribution in [1.29, 1.82) is 0 Å². The number of benzene rings is 1. The second kappa shape index (κ2) is 6.29. The molecule has 1 aliphatic rings. The molecule has 4 heteroatoms. The van der Waals surface area contributed by atoms with E-state index in [-0.39, 0.29) is 17.9 Å². The molecule has 1 saturated carbocycles. The molecular formula is C17H23NO3. The van der Waals surface area contributed by atoms with Crippen LogP contribution in [0, 0.1) is 11.8 Å². The summed E-state index contributed by atoms with van der Waals surface area (Å²) < 4.78 is 0. The number of carboxylic acids is 1. The van der Waals surface area contributed by atoms with Crippen molar-refractivity contribution in [1.82, 2.24) is 5.32 Å². The fourth-order valence-electron chi connectivity index (χ4n) is 2.55.